The van der Waals surface area contributed by atoms with E-state index < -0.39 is 0 Å². The number of fused-ring (bicyclic) bond motifs is 1. The molecule has 0 aliphatic carbocycles. The van der Waals surface area contributed by atoms with E-state index >= 15 is 0 Å². The molecule has 1 N–H and O–H groups in total. The van der Waals surface area contributed by atoms with E-state index in [1.54, 1.807) is 0 Å². The van der Waals surface area contributed by atoms with Gasteiger partial charge in [-0.1, -0.05) is 0 Å². The zero-order valence-electron chi connectivity index (χ0n) is 7.93. The van der Waals surface area contributed by atoms with Gasteiger partial charge in [0.2, 0.25) is 0 Å². The van der Waals surface area contributed by atoms with Gasteiger partial charge in [-0.25, -0.2) is 0 Å². The van der Waals surface area contributed by atoms with E-state index in [0.29, 0.717) is 0 Å². The van der Waals surface area contributed by atoms with Crippen LogP contribution in [-0.4, -0.2) is 20.2 Å². The summed E-state index contributed by atoms with van der Waals surface area (Å²) in [5.41, 5.74) is 1.42. The van der Waals surface area contributed by atoms with Gasteiger partial charge in [-0.05, 0) is 31.6 Å². The molecule has 0 aromatic carbocycles. The second-order valence-electron chi connectivity index (χ2n) is 3.32. The van der Waals surface area contributed by atoms with Gasteiger partial charge >= 0.3 is 0 Å². The van der Waals surface area contributed by atoms with E-state index in [4.69, 9.17) is 4.74 Å². The third kappa shape index (κ3) is 2.10. The lowest BCUT2D eigenvalue weighted by Crippen LogP contribution is -2.09. The monoisotopic (exact) mass is 197 g/mol. The van der Waals surface area contributed by atoms with Crippen molar-refractivity contribution in [1.29, 1.82) is 0 Å². The molecule has 0 saturated carbocycles. The van der Waals surface area contributed by atoms with Gasteiger partial charge < -0.3 is 10.1 Å². The zero-order chi connectivity index (χ0) is 9.10. The van der Waals surface area contributed by atoms with E-state index in [2.05, 4.69) is 11.4 Å². The first kappa shape index (κ1) is 9.19. The first-order valence-corrected chi connectivity index (χ1v) is 5.54. The first-order chi connectivity index (χ1) is 6.40. The molecule has 1 aliphatic heterocycles. The standard InChI is InChI=1S/C10H15NOS/c1-11-4-2-9-6-8-7-12-5-3-10(8)13-9/h6,11H,2-5,7H2,1H3. The molecule has 0 unspecified atom stereocenters. The Bertz CT molecular complexity index is 259. The predicted octanol–water partition coefficient (Wildman–Crippen LogP) is 1.58. The van der Waals surface area contributed by atoms with E-state index in [1.165, 1.54) is 15.3 Å². The average Bonchev–Trinajstić information content (AvgIpc) is 2.57. The summed E-state index contributed by atoms with van der Waals surface area (Å²) in [6.07, 6.45) is 2.26. The molecule has 3 heteroatoms. The number of rotatable bonds is 3. The van der Waals surface area contributed by atoms with Crippen LogP contribution in [0.5, 0.6) is 0 Å². The number of hydrogen-bond donors (Lipinski definition) is 1. The van der Waals surface area contributed by atoms with Crippen molar-refractivity contribution < 1.29 is 4.74 Å². The van der Waals surface area contributed by atoms with E-state index in [0.717, 1.165) is 32.6 Å². The minimum absolute atomic E-state index is 0.825. The first-order valence-electron chi connectivity index (χ1n) is 4.73. The van der Waals surface area contributed by atoms with Crippen LogP contribution in [0.1, 0.15) is 15.3 Å². The van der Waals surface area contributed by atoms with Gasteiger partial charge in [0.1, 0.15) is 0 Å². The van der Waals surface area contributed by atoms with Gasteiger partial charge in [0.05, 0.1) is 13.2 Å². The summed E-state index contributed by atoms with van der Waals surface area (Å²) in [5.74, 6) is 0. The summed E-state index contributed by atoms with van der Waals surface area (Å²) in [6, 6.07) is 2.30. The molecular formula is C10H15NOS. The van der Waals surface area contributed by atoms with Gasteiger partial charge in [0, 0.05) is 16.2 Å². The predicted molar refractivity (Wildman–Crippen MR) is 55.3 cm³/mol. The second kappa shape index (κ2) is 4.22. The second-order valence-corrected chi connectivity index (χ2v) is 4.54. The van der Waals surface area contributed by atoms with Crippen LogP contribution in [0.4, 0.5) is 0 Å². The van der Waals surface area contributed by atoms with Crippen molar-refractivity contribution in [3.63, 3.8) is 0 Å². The van der Waals surface area contributed by atoms with Crippen molar-refractivity contribution >= 4 is 11.3 Å². The Balaban J connectivity index is 2.07. The maximum absolute atomic E-state index is 5.40. The summed E-state index contributed by atoms with van der Waals surface area (Å²) in [5, 5.41) is 3.17. The largest absolute Gasteiger partial charge is 0.376 e. The Hall–Kier alpha value is -0.380. The van der Waals surface area contributed by atoms with Crippen LogP contribution in [0.25, 0.3) is 0 Å². The molecule has 0 radical (unpaired) electrons. The highest BCUT2D eigenvalue weighted by Gasteiger charge is 2.12. The van der Waals surface area contributed by atoms with Gasteiger partial charge in [0.25, 0.3) is 0 Å². The topological polar surface area (TPSA) is 21.3 Å². The Morgan fingerprint density at radius 1 is 1.62 bits per heavy atom. The van der Waals surface area contributed by atoms with Gasteiger partial charge in [-0.15, -0.1) is 11.3 Å². The molecule has 0 bridgehead atoms. The Morgan fingerprint density at radius 3 is 3.31 bits per heavy atom. The fourth-order valence-electron chi connectivity index (χ4n) is 1.58. The molecule has 1 aliphatic rings. The highest BCUT2D eigenvalue weighted by Crippen LogP contribution is 2.26. The third-order valence-electron chi connectivity index (χ3n) is 2.30. The van der Waals surface area contributed by atoms with Gasteiger partial charge in [-0.2, -0.15) is 0 Å². The lowest BCUT2D eigenvalue weighted by molar-refractivity contribution is 0.112. The molecule has 2 heterocycles. The SMILES string of the molecule is CNCCc1cc2c(s1)CCOC2. The van der Waals surface area contributed by atoms with E-state index in [1.807, 2.05) is 18.4 Å². The van der Waals surface area contributed by atoms with Crippen LogP contribution in [0.3, 0.4) is 0 Å². The zero-order valence-corrected chi connectivity index (χ0v) is 8.75. The Kier molecular flexibility index (Phi) is 2.98. The maximum Gasteiger partial charge on any atom is 0.0727 e. The summed E-state index contributed by atoms with van der Waals surface area (Å²) in [7, 11) is 2.00. The van der Waals surface area contributed by atoms with Crippen molar-refractivity contribution in [2.75, 3.05) is 20.2 Å². The fraction of sp³-hybridized carbons (Fsp3) is 0.600. The van der Waals surface area contributed by atoms with Gasteiger partial charge in [-0.3, -0.25) is 0 Å². The summed E-state index contributed by atoms with van der Waals surface area (Å²) >= 11 is 1.96. The fourth-order valence-corrected chi connectivity index (χ4v) is 2.74. The Morgan fingerprint density at radius 2 is 2.54 bits per heavy atom. The normalized spacial score (nSPS) is 15.8. The van der Waals surface area contributed by atoms with Crippen LogP contribution in [0.2, 0.25) is 0 Å². The molecule has 13 heavy (non-hydrogen) atoms. The quantitative estimate of drug-likeness (QED) is 0.794. The van der Waals surface area contributed by atoms with Gasteiger partial charge in [0.15, 0.2) is 0 Å². The maximum atomic E-state index is 5.40. The molecule has 2 rings (SSSR count). The molecule has 0 fully saturated rings. The third-order valence-corrected chi connectivity index (χ3v) is 3.60. The number of hydrogen-bond acceptors (Lipinski definition) is 3. The average molecular weight is 197 g/mol. The number of nitrogens with one attached hydrogen (secondary N) is 1. The molecule has 2 nitrogen and oxygen atoms in total. The van der Waals surface area contributed by atoms with Crippen molar-refractivity contribution in [1.82, 2.24) is 5.32 Å². The molecule has 0 amide bonds. The molecule has 0 atom stereocenters. The van der Waals surface area contributed by atoms with Crippen molar-refractivity contribution in [3.8, 4) is 0 Å². The highest BCUT2D eigenvalue weighted by molar-refractivity contribution is 7.12. The van der Waals surface area contributed by atoms with Crippen molar-refractivity contribution in [3.05, 3.63) is 21.4 Å². The molecular weight excluding hydrogens is 182 g/mol. The van der Waals surface area contributed by atoms with Crippen LogP contribution in [0, 0.1) is 0 Å². The molecule has 72 valence electrons. The molecule has 1 aromatic rings. The highest BCUT2D eigenvalue weighted by atomic mass is 32.1. The summed E-state index contributed by atoms with van der Waals surface area (Å²) in [6.45, 7) is 2.80. The summed E-state index contributed by atoms with van der Waals surface area (Å²) < 4.78 is 5.40. The van der Waals surface area contributed by atoms with Crippen LogP contribution in [0.15, 0.2) is 6.07 Å². The molecule has 0 spiro atoms. The number of likely N-dealkylation sites (N-methyl/N-ethyl adjacent to an activating group) is 1. The number of ether oxygens (including phenoxy) is 1. The minimum Gasteiger partial charge on any atom is -0.376 e. The van der Waals surface area contributed by atoms with E-state index in [-0.39, 0.29) is 0 Å². The van der Waals surface area contributed by atoms with Crippen LogP contribution >= 0.6 is 11.3 Å². The molecule has 1 aromatic heterocycles. The summed E-state index contributed by atoms with van der Waals surface area (Å²) in [4.78, 5) is 3.03. The van der Waals surface area contributed by atoms with Crippen LogP contribution in [-0.2, 0) is 24.2 Å². The number of thiophene rings is 1. The lowest BCUT2D eigenvalue weighted by Gasteiger charge is -2.10. The minimum atomic E-state index is 0.825. The van der Waals surface area contributed by atoms with Crippen LogP contribution < -0.4 is 5.32 Å². The van der Waals surface area contributed by atoms with Crippen molar-refractivity contribution in [2.45, 2.75) is 19.4 Å². The Labute approximate surface area is 82.9 Å². The smallest absolute Gasteiger partial charge is 0.0727 e. The molecule has 0 saturated heterocycles. The van der Waals surface area contributed by atoms with E-state index in [9.17, 15) is 0 Å². The van der Waals surface area contributed by atoms with Crippen molar-refractivity contribution in [2.24, 2.45) is 0 Å². The lowest BCUT2D eigenvalue weighted by atomic mass is 10.2.